The van der Waals surface area contributed by atoms with Gasteiger partial charge in [-0.25, -0.2) is 0 Å². The van der Waals surface area contributed by atoms with E-state index < -0.39 is 11.7 Å². The lowest BCUT2D eigenvalue weighted by Gasteiger charge is -2.14. The van der Waals surface area contributed by atoms with Gasteiger partial charge in [-0.1, -0.05) is 29.8 Å². The van der Waals surface area contributed by atoms with Crippen LogP contribution in [0.4, 0.5) is 13.2 Å². The van der Waals surface area contributed by atoms with Crippen molar-refractivity contribution in [1.29, 1.82) is 0 Å². The maximum Gasteiger partial charge on any atom is 0.416 e. The molecule has 5 heteroatoms. The molecule has 2 aliphatic rings. The van der Waals surface area contributed by atoms with Crippen molar-refractivity contribution in [2.45, 2.75) is 50.6 Å². The van der Waals surface area contributed by atoms with Gasteiger partial charge in [0.05, 0.1) is 5.56 Å². The van der Waals surface area contributed by atoms with Crippen LogP contribution in [-0.4, -0.2) is 12.5 Å². The Morgan fingerprint density at radius 2 is 2.00 bits per heavy atom. The summed E-state index contributed by atoms with van der Waals surface area (Å²) in [6.07, 6.45) is 3.88. The monoisotopic (exact) mass is 337 g/mol. The van der Waals surface area contributed by atoms with Gasteiger partial charge in [0.2, 0.25) is 5.91 Å². The van der Waals surface area contributed by atoms with E-state index in [0.717, 1.165) is 25.3 Å². The topological polar surface area (TPSA) is 29.1 Å². The number of halogens is 3. The molecule has 0 bridgehead atoms. The number of hydrogen-bond donors (Lipinski definition) is 1. The summed E-state index contributed by atoms with van der Waals surface area (Å²) in [5, 5.41) is 2.89. The number of allylic oxidation sites excluding steroid dienone is 1. The molecule has 0 spiro atoms. The molecule has 2 nitrogen and oxygen atoms in total. The lowest BCUT2D eigenvalue weighted by atomic mass is 9.97. The molecule has 1 saturated carbocycles. The van der Waals surface area contributed by atoms with Gasteiger partial charge in [0.1, 0.15) is 0 Å². The third-order valence-corrected chi connectivity index (χ3v) is 4.92. The fourth-order valence-corrected chi connectivity index (χ4v) is 3.52. The highest BCUT2D eigenvalue weighted by Gasteiger charge is 2.47. The molecule has 2 unspecified atom stereocenters. The average Bonchev–Trinajstić information content (AvgIpc) is 3.36. The number of alkyl halides is 3. The standard InChI is InChI=1S/C19H22F3NO/c20-19(21,22)17-9-5-4-8-14(17)15-12-16(15)18(24)23-11-10-13-6-2-1-3-7-13/h4-6,8-9,15-16H,1-3,7,10-12H2,(H,23,24). The van der Waals surface area contributed by atoms with Crippen molar-refractivity contribution in [3.05, 3.63) is 47.0 Å². The Bertz CT molecular complexity index is 636. The predicted octanol–water partition coefficient (Wildman–Crippen LogP) is 4.82. The van der Waals surface area contributed by atoms with Crippen molar-refractivity contribution in [3.8, 4) is 0 Å². The fourth-order valence-electron chi connectivity index (χ4n) is 3.52. The molecule has 1 aromatic carbocycles. The first-order valence-corrected chi connectivity index (χ1v) is 8.58. The summed E-state index contributed by atoms with van der Waals surface area (Å²) in [6.45, 7) is 0.578. The van der Waals surface area contributed by atoms with Crippen LogP contribution in [0.25, 0.3) is 0 Å². The van der Waals surface area contributed by atoms with E-state index in [2.05, 4.69) is 11.4 Å². The van der Waals surface area contributed by atoms with Crippen molar-refractivity contribution < 1.29 is 18.0 Å². The molecular formula is C19H22F3NO. The maximum atomic E-state index is 13.1. The first-order chi connectivity index (χ1) is 11.5. The summed E-state index contributed by atoms with van der Waals surface area (Å²) in [7, 11) is 0. The number of amides is 1. The molecular weight excluding hydrogens is 315 g/mol. The highest BCUT2D eigenvalue weighted by Crippen LogP contribution is 2.51. The molecule has 0 aliphatic heterocycles. The van der Waals surface area contributed by atoms with Gasteiger partial charge in [-0.2, -0.15) is 13.2 Å². The third kappa shape index (κ3) is 4.00. The highest BCUT2D eigenvalue weighted by molar-refractivity contribution is 5.83. The Hall–Kier alpha value is -1.78. The average molecular weight is 337 g/mol. The van der Waals surface area contributed by atoms with Crippen LogP contribution >= 0.6 is 0 Å². The highest BCUT2D eigenvalue weighted by atomic mass is 19.4. The maximum absolute atomic E-state index is 13.1. The Morgan fingerprint density at radius 3 is 2.71 bits per heavy atom. The smallest absolute Gasteiger partial charge is 0.356 e. The summed E-state index contributed by atoms with van der Waals surface area (Å²) in [4.78, 5) is 12.2. The molecule has 0 heterocycles. The molecule has 1 aromatic rings. The Labute approximate surface area is 140 Å². The van der Waals surface area contributed by atoms with E-state index in [-0.39, 0.29) is 23.3 Å². The molecule has 1 amide bonds. The molecule has 0 saturated heterocycles. The van der Waals surface area contributed by atoms with Gasteiger partial charge >= 0.3 is 6.18 Å². The third-order valence-electron chi connectivity index (χ3n) is 4.92. The van der Waals surface area contributed by atoms with Crippen LogP contribution in [0, 0.1) is 5.92 Å². The van der Waals surface area contributed by atoms with Crippen molar-refractivity contribution in [1.82, 2.24) is 5.32 Å². The second kappa shape index (κ2) is 6.99. The summed E-state index contributed by atoms with van der Waals surface area (Å²) in [5.74, 6) is -0.751. The van der Waals surface area contributed by atoms with Crippen LogP contribution in [0.3, 0.4) is 0 Å². The minimum Gasteiger partial charge on any atom is -0.356 e. The quantitative estimate of drug-likeness (QED) is 0.767. The zero-order valence-electron chi connectivity index (χ0n) is 13.5. The number of rotatable bonds is 5. The van der Waals surface area contributed by atoms with Crippen molar-refractivity contribution >= 4 is 5.91 Å². The Balaban J connectivity index is 1.54. The van der Waals surface area contributed by atoms with E-state index in [1.54, 1.807) is 6.07 Å². The molecule has 1 fully saturated rings. The Kier molecular flexibility index (Phi) is 4.97. The molecule has 2 atom stereocenters. The fraction of sp³-hybridized carbons (Fsp3) is 0.526. The molecule has 3 rings (SSSR count). The first-order valence-electron chi connectivity index (χ1n) is 8.58. The summed E-state index contributed by atoms with van der Waals surface area (Å²) in [5.41, 5.74) is 1.02. The molecule has 24 heavy (non-hydrogen) atoms. The van der Waals surface area contributed by atoms with Crippen molar-refractivity contribution in [2.75, 3.05) is 6.54 Å². The van der Waals surface area contributed by atoms with Crippen molar-refractivity contribution in [3.63, 3.8) is 0 Å². The van der Waals surface area contributed by atoms with E-state index >= 15 is 0 Å². The van der Waals surface area contributed by atoms with E-state index in [0.29, 0.717) is 13.0 Å². The van der Waals surface area contributed by atoms with Gasteiger partial charge in [-0.15, -0.1) is 0 Å². The largest absolute Gasteiger partial charge is 0.416 e. The second-order valence-electron chi connectivity index (χ2n) is 6.68. The lowest BCUT2D eigenvalue weighted by Crippen LogP contribution is -2.27. The van der Waals surface area contributed by atoms with Gasteiger partial charge in [-0.3, -0.25) is 4.79 Å². The number of hydrogen-bond acceptors (Lipinski definition) is 1. The van der Waals surface area contributed by atoms with Crippen molar-refractivity contribution in [2.24, 2.45) is 5.92 Å². The van der Waals surface area contributed by atoms with Crippen LogP contribution in [-0.2, 0) is 11.0 Å². The zero-order valence-corrected chi connectivity index (χ0v) is 13.5. The van der Waals surface area contributed by atoms with E-state index in [9.17, 15) is 18.0 Å². The molecule has 0 radical (unpaired) electrons. The van der Waals surface area contributed by atoms with Gasteiger partial charge in [0.15, 0.2) is 0 Å². The first kappa shape index (κ1) is 17.1. The van der Waals surface area contributed by atoms with Crippen LogP contribution < -0.4 is 5.32 Å². The SMILES string of the molecule is O=C(NCCC1=CCCCC1)C1CC1c1ccccc1C(F)(F)F. The minimum absolute atomic E-state index is 0.117. The van der Waals surface area contributed by atoms with Crippen LogP contribution in [0.1, 0.15) is 55.6 Å². The number of carbonyl (C=O) groups excluding carboxylic acids is 1. The van der Waals surface area contributed by atoms with Gasteiger partial charge in [0.25, 0.3) is 0 Å². The molecule has 0 aromatic heterocycles. The van der Waals surface area contributed by atoms with Gasteiger partial charge < -0.3 is 5.32 Å². The van der Waals surface area contributed by atoms with Gasteiger partial charge in [0, 0.05) is 12.5 Å². The molecule has 1 N–H and O–H groups in total. The van der Waals surface area contributed by atoms with E-state index in [1.165, 1.54) is 30.5 Å². The molecule has 130 valence electrons. The lowest BCUT2D eigenvalue weighted by molar-refractivity contribution is -0.138. The predicted molar refractivity (Wildman–Crippen MR) is 86.5 cm³/mol. The van der Waals surface area contributed by atoms with E-state index in [1.807, 2.05) is 0 Å². The Morgan fingerprint density at radius 1 is 1.21 bits per heavy atom. The van der Waals surface area contributed by atoms with Crippen LogP contribution in [0.5, 0.6) is 0 Å². The number of carbonyl (C=O) groups is 1. The second-order valence-corrected chi connectivity index (χ2v) is 6.68. The van der Waals surface area contributed by atoms with E-state index in [4.69, 9.17) is 0 Å². The zero-order chi connectivity index (χ0) is 17.2. The molecule has 2 aliphatic carbocycles. The number of nitrogens with one attached hydrogen (secondary N) is 1. The van der Waals surface area contributed by atoms with Crippen LogP contribution in [0.2, 0.25) is 0 Å². The minimum atomic E-state index is -4.37. The van der Waals surface area contributed by atoms with Gasteiger partial charge in [-0.05, 0) is 56.1 Å². The van der Waals surface area contributed by atoms with Crippen LogP contribution in [0.15, 0.2) is 35.9 Å². The normalized spacial score (nSPS) is 23.5. The summed E-state index contributed by atoms with van der Waals surface area (Å²) in [6, 6.07) is 5.58. The summed E-state index contributed by atoms with van der Waals surface area (Å²) < 4.78 is 39.2. The summed E-state index contributed by atoms with van der Waals surface area (Å²) >= 11 is 0. The number of benzene rings is 1.